The van der Waals surface area contributed by atoms with E-state index >= 15 is 0 Å². The Balaban J connectivity index is 2.95. The van der Waals surface area contributed by atoms with Crippen molar-refractivity contribution in [3.8, 4) is 0 Å². The first-order chi connectivity index (χ1) is 5.81. The molecule has 1 heteroatoms. The first-order valence-electron chi connectivity index (χ1n) is 5.26. The van der Waals surface area contributed by atoms with Gasteiger partial charge in [-0.3, -0.25) is 0 Å². The van der Waals surface area contributed by atoms with Crippen LogP contribution in [-0.4, -0.2) is 6.29 Å². The summed E-state index contributed by atoms with van der Waals surface area (Å²) in [6.07, 6.45) is 10.1. The summed E-state index contributed by atoms with van der Waals surface area (Å²) in [7, 11) is 0. The van der Waals surface area contributed by atoms with Crippen molar-refractivity contribution in [1.82, 2.24) is 0 Å². The van der Waals surface area contributed by atoms with Crippen LogP contribution in [0.4, 0.5) is 0 Å². The Morgan fingerprint density at radius 2 is 1.67 bits per heavy atom. The summed E-state index contributed by atoms with van der Waals surface area (Å²) in [6, 6.07) is 0. The molecule has 0 heterocycles. The van der Waals surface area contributed by atoms with Crippen LogP contribution < -0.4 is 0 Å². The highest BCUT2D eigenvalue weighted by atomic mass is 16.1. The van der Waals surface area contributed by atoms with E-state index in [1.165, 1.54) is 38.5 Å². The molecule has 1 unspecified atom stereocenters. The fraction of sp³-hybridized carbons (Fsp3) is 0.909. The van der Waals surface area contributed by atoms with Gasteiger partial charge in [0.25, 0.3) is 0 Å². The molecule has 0 aliphatic rings. The highest BCUT2D eigenvalue weighted by Crippen LogP contribution is 2.10. The van der Waals surface area contributed by atoms with Crippen LogP contribution >= 0.6 is 0 Å². The molecule has 0 saturated heterocycles. The van der Waals surface area contributed by atoms with Crippen LogP contribution in [0.15, 0.2) is 0 Å². The maximum absolute atomic E-state index is 10.3. The molecule has 0 saturated carbocycles. The molecule has 0 bridgehead atoms. The van der Waals surface area contributed by atoms with E-state index in [1.54, 1.807) is 0 Å². The van der Waals surface area contributed by atoms with Crippen molar-refractivity contribution in [3.63, 3.8) is 0 Å². The van der Waals surface area contributed by atoms with Crippen LogP contribution in [0.5, 0.6) is 0 Å². The van der Waals surface area contributed by atoms with Gasteiger partial charge in [0.05, 0.1) is 0 Å². The van der Waals surface area contributed by atoms with Crippen LogP contribution in [0.2, 0.25) is 0 Å². The average Bonchev–Trinajstić information content (AvgIpc) is 2.10. The molecular formula is C11H22O. The third-order valence-corrected chi connectivity index (χ3v) is 2.25. The normalized spacial score (nSPS) is 12.8. The lowest BCUT2D eigenvalue weighted by Crippen LogP contribution is -1.94. The fourth-order valence-electron chi connectivity index (χ4n) is 1.31. The molecule has 0 N–H and O–H groups in total. The van der Waals surface area contributed by atoms with Crippen LogP contribution in [0, 0.1) is 5.92 Å². The molecule has 0 fully saturated rings. The Bertz CT molecular complexity index is 99.2. The zero-order valence-electron chi connectivity index (χ0n) is 8.51. The fourth-order valence-corrected chi connectivity index (χ4v) is 1.31. The second kappa shape index (κ2) is 8.76. The van der Waals surface area contributed by atoms with Crippen molar-refractivity contribution < 1.29 is 4.79 Å². The van der Waals surface area contributed by atoms with E-state index in [0.29, 0.717) is 0 Å². The summed E-state index contributed by atoms with van der Waals surface area (Å²) in [5.41, 5.74) is 0. The zero-order chi connectivity index (χ0) is 9.23. The van der Waals surface area contributed by atoms with Crippen molar-refractivity contribution in [2.24, 2.45) is 5.92 Å². The van der Waals surface area contributed by atoms with Crippen molar-refractivity contribution in [2.75, 3.05) is 0 Å². The van der Waals surface area contributed by atoms with Crippen molar-refractivity contribution in [1.29, 1.82) is 0 Å². The molecule has 0 radical (unpaired) electrons. The van der Waals surface area contributed by atoms with Gasteiger partial charge in [-0.1, -0.05) is 52.4 Å². The molecule has 0 aromatic rings. The second-order valence-electron chi connectivity index (χ2n) is 3.67. The molecule has 1 nitrogen and oxygen atoms in total. The molecule has 1 atom stereocenters. The smallest absolute Gasteiger partial charge is 0.122 e. The maximum atomic E-state index is 10.3. The highest BCUT2D eigenvalue weighted by Gasteiger charge is 1.97. The summed E-state index contributed by atoms with van der Waals surface area (Å²) >= 11 is 0. The molecular weight excluding hydrogens is 148 g/mol. The molecule has 0 aromatic carbocycles. The summed E-state index contributed by atoms with van der Waals surface area (Å²) in [5, 5.41) is 0. The van der Waals surface area contributed by atoms with Crippen LogP contribution in [0.3, 0.4) is 0 Å². The van der Waals surface area contributed by atoms with Crippen molar-refractivity contribution >= 4 is 6.29 Å². The Hall–Kier alpha value is -0.330. The lowest BCUT2D eigenvalue weighted by molar-refractivity contribution is -0.110. The van der Waals surface area contributed by atoms with Gasteiger partial charge in [0.15, 0.2) is 0 Å². The van der Waals surface area contributed by atoms with E-state index in [9.17, 15) is 4.79 Å². The molecule has 0 aromatic heterocycles. The molecule has 0 aliphatic heterocycles. The molecule has 12 heavy (non-hydrogen) atoms. The standard InChI is InChI=1S/C11H22O/c1-3-4-5-6-7-8-9-11(2)10-12/h10-11H,3-9H2,1-2H3. The Morgan fingerprint density at radius 1 is 1.08 bits per heavy atom. The summed E-state index contributed by atoms with van der Waals surface area (Å²) in [5.74, 6) is 0.274. The topological polar surface area (TPSA) is 17.1 Å². The zero-order valence-corrected chi connectivity index (χ0v) is 8.51. The largest absolute Gasteiger partial charge is 0.303 e. The quantitative estimate of drug-likeness (QED) is 0.402. The van der Waals surface area contributed by atoms with E-state index < -0.39 is 0 Å². The van der Waals surface area contributed by atoms with Gasteiger partial charge in [0, 0.05) is 5.92 Å². The van der Waals surface area contributed by atoms with Crippen molar-refractivity contribution in [3.05, 3.63) is 0 Å². The van der Waals surface area contributed by atoms with E-state index in [2.05, 4.69) is 6.92 Å². The average molecular weight is 170 g/mol. The Morgan fingerprint density at radius 3 is 2.25 bits per heavy atom. The van der Waals surface area contributed by atoms with Gasteiger partial charge in [0.2, 0.25) is 0 Å². The van der Waals surface area contributed by atoms with E-state index in [0.717, 1.165) is 12.7 Å². The van der Waals surface area contributed by atoms with Crippen LogP contribution in [0.1, 0.15) is 58.8 Å². The SMILES string of the molecule is CCCCCCCCC(C)C=O. The van der Waals surface area contributed by atoms with Gasteiger partial charge in [-0.05, 0) is 6.42 Å². The van der Waals surface area contributed by atoms with Gasteiger partial charge in [-0.15, -0.1) is 0 Å². The molecule has 0 spiro atoms. The number of hydrogen-bond acceptors (Lipinski definition) is 1. The number of carbonyl (C=O) groups excluding carboxylic acids is 1. The lowest BCUT2D eigenvalue weighted by atomic mass is 10.0. The van der Waals surface area contributed by atoms with E-state index in [-0.39, 0.29) is 5.92 Å². The second-order valence-corrected chi connectivity index (χ2v) is 3.67. The monoisotopic (exact) mass is 170 g/mol. The molecule has 72 valence electrons. The Kier molecular flexibility index (Phi) is 8.52. The molecule has 0 aliphatic carbocycles. The first-order valence-corrected chi connectivity index (χ1v) is 5.26. The number of aldehydes is 1. The van der Waals surface area contributed by atoms with Crippen LogP contribution in [0.25, 0.3) is 0 Å². The predicted molar refractivity (Wildman–Crippen MR) is 53.2 cm³/mol. The third kappa shape index (κ3) is 7.77. The minimum atomic E-state index is 0.274. The lowest BCUT2D eigenvalue weighted by Gasteiger charge is -2.02. The van der Waals surface area contributed by atoms with Gasteiger partial charge in [-0.25, -0.2) is 0 Å². The summed E-state index contributed by atoms with van der Waals surface area (Å²) in [6.45, 7) is 4.23. The predicted octanol–water partition coefficient (Wildman–Crippen LogP) is 3.57. The Labute approximate surface area is 76.6 Å². The highest BCUT2D eigenvalue weighted by molar-refractivity contribution is 5.52. The number of hydrogen-bond donors (Lipinski definition) is 0. The van der Waals surface area contributed by atoms with E-state index in [1.807, 2.05) is 6.92 Å². The third-order valence-electron chi connectivity index (χ3n) is 2.25. The number of carbonyl (C=O) groups is 1. The molecule has 0 amide bonds. The van der Waals surface area contributed by atoms with Gasteiger partial charge >= 0.3 is 0 Å². The van der Waals surface area contributed by atoms with Crippen molar-refractivity contribution in [2.45, 2.75) is 58.8 Å². The minimum absolute atomic E-state index is 0.274. The van der Waals surface area contributed by atoms with Crippen LogP contribution in [-0.2, 0) is 4.79 Å². The summed E-state index contributed by atoms with van der Waals surface area (Å²) in [4.78, 5) is 10.3. The molecule has 0 rings (SSSR count). The van der Waals surface area contributed by atoms with Gasteiger partial charge in [-0.2, -0.15) is 0 Å². The van der Waals surface area contributed by atoms with E-state index in [4.69, 9.17) is 0 Å². The maximum Gasteiger partial charge on any atom is 0.122 e. The summed E-state index contributed by atoms with van der Waals surface area (Å²) < 4.78 is 0. The number of rotatable bonds is 8. The van der Waals surface area contributed by atoms with Gasteiger partial charge < -0.3 is 4.79 Å². The number of unbranched alkanes of at least 4 members (excludes halogenated alkanes) is 5. The first kappa shape index (κ1) is 11.7. The minimum Gasteiger partial charge on any atom is -0.303 e. The van der Waals surface area contributed by atoms with Gasteiger partial charge in [0.1, 0.15) is 6.29 Å².